The lowest BCUT2D eigenvalue weighted by atomic mass is 9.70. The zero-order valence-corrected chi connectivity index (χ0v) is 24.4. The van der Waals surface area contributed by atoms with Crippen LogP contribution in [0.5, 0.6) is 5.75 Å². The molecule has 3 nitrogen and oxygen atoms in total. The molecule has 6 aromatic rings. The molecular weight excluding hydrogens is 536 g/mol. The van der Waals surface area contributed by atoms with Gasteiger partial charge in [0.2, 0.25) is 0 Å². The molecule has 2 aliphatic carbocycles. The number of rotatable bonds is 4. The highest BCUT2D eigenvalue weighted by molar-refractivity contribution is 6.05. The molecule has 1 unspecified atom stereocenters. The van der Waals surface area contributed by atoms with E-state index >= 15 is 0 Å². The van der Waals surface area contributed by atoms with Crippen LogP contribution < -0.4 is 9.75 Å². The van der Waals surface area contributed by atoms with Gasteiger partial charge in [-0.25, -0.2) is 0 Å². The number of hydrogen-bond donors (Lipinski definition) is 0. The monoisotopic (exact) mass is 566 g/mol. The molecule has 1 atom stereocenters. The first kappa shape index (κ1) is 25.1. The van der Waals surface area contributed by atoms with Gasteiger partial charge in [-0.2, -0.15) is 5.10 Å². The van der Waals surface area contributed by atoms with E-state index < -0.39 is 0 Å². The molecule has 6 aromatic carbocycles. The molecule has 0 N–H and O–H groups in total. The van der Waals surface area contributed by atoms with Crippen molar-refractivity contribution in [1.29, 1.82) is 0 Å². The zero-order valence-electron chi connectivity index (χ0n) is 24.4. The lowest BCUT2D eigenvalue weighted by Crippen LogP contribution is -2.26. The Morgan fingerprint density at radius 2 is 1.14 bits per heavy atom. The van der Waals surface area contributed by atoms with Gasteiger partial charge in [0.15, 0.2) is 0 Å². The summed E-state index contributed by atoms with van der Waals surface area (Å²) in [6.45, 7) is 0. The number of hydrogen-bond acceptors (Lipinski definition) is 3. The first-order valence-corrected chi connectivity index (χ1v) is 15.3. The first-order valence-electron chi connectivity index (χ1n) is 15.3. The van der Waals surface area contributed by atoms with Gasteiger partial charge in [-0.15, -0.1) is 0 Å². The van der Waals surface area contributed by atoms with Crippen molar-refractivity contribution in [2.24, 2.45) is 5.10 Å². The third-order valence-corrected chi connectivity index (χ3v) is 9.76. The number of nitrogens with zero attached hydrogens (tertiary/aromatic N) is 2. The van der Waals surface area contributed by atoms with Gasteiger partial charge >= 0.3 is 0 Å². The Kier molecular flexibility index (Phi) is 5.45. The largest absolute Gasteiger partial charge is 0.496 e. The SMILES string of the molecule is COc1ccccc1C1CC(c2ccc3c(c2)C2(c4ccccc4-c4ccccc42)c2ccccc2-3)=NN1c1ccccc1. The molecule has 44 heavy (non-hydrogen) atoms. The Hall–Kier alpha value is -5.41. The molecule has 1 heterocycles. The van der Waals surface area contributed by atoms with Crippen LogP contribution in [0.1, 0.15) is 45.8 Å². The summed E-state index contributed by atoms with van der Waals surface area (Å²) in [6, 6.07) is 52.7. The molecule has 0 fully saturated rings. The Morgan fingerprint density at radius 3 is 1.77 bits per heavy atom. The van der Waals surface area contributed by atoms with E-state index in [9.17, 15) is 0 Å². The number of benzene rings is 6. The van der Waals surface area contributed by atoms with E-state index in [1.54, 1.807) is 7.11 Å². The maximum Gasteiger partial charge on any atom is 0.124 e. The molecule has 3 heteroatoms. The summed E-state index contributed by atoms with van der Waals surface area (Å²) >= 11 is 0. The van der Waals surface area contributed by atoms with Crippen molar-refractivity contribution in [3.05, 3.63) is 179 Å². The van der Waals surface area contributed by atoms with Crippen LogP contribution in [-0.2, 0) is 5.41 Å². The molecule has 3 aliphatic rings. The fraction of sp³-hybridized carbons (Fsp3) is 0.0976. The van der Waals surface area contributed by atoms with E-state index in [0.717, 1.165) is 34.7 Å². The van der Waals surface area contributed by atoms with Crippen LogP contribution in [0.3, 0.4) is 0 Å². The van der Waals surface area contributed by atoms with Crippen LogP contribution >= 0.6 is 0 Å². The molecule has 0 aromatic heterocycles. The smallest absolute Gasteiger partial charge is 0.124 e. The van der Waals surface area contributed by atoms with Crippen molar-refractivity contribution in [1.82, 2.24) is 0 Å². The van der Waals surface area contributed by atoms with E-state index in [-0.39, 0.29) is 11.5 Å². The number of anilines is 1. The van der Waals surface area contributed by atoms with Crippen molar-refractivity contribution in [3.8, 4) is 28.0 Å². The summed E-state index contributed by atoms with van der Waals surface area (Å²) in [4.78, 5) is 0. The second-order valence-electron chi connectivity index (χ2n) is 11.8. The Bertz CT molecular complexity index is 2050. The van der Waals surface area contributed by atoms with E-state index in [2.05, 4.69) is 138 Å². The van der Waals surface area contributed by atoms with Gasteiger partial charge in [0.1, 0.15) is 5.75 Å². The van der Waals surface area contributed by atoms with Crippen LogP contribution in [0.4, 0.5) is 5.69 Å². The van der Waals surface area contributed by atoms with Gasteiger partial charge in [0.05, 0.1) is 30.0 Å². The van der Waals surface area contributed by atoms with Crippen LogP contribution in [-0.4, -0.2) is 12.8 Å². The van der Waals surface area contributed by atoms with Crippen LogP contribution in [0, 0.1) is 0 Å². The average molecular weight is 567 g/mol. The number of para-hydroxylation sites is 2. The van der Waals surface area contributed by atoms with Gasteiger partial charge in [0.25, 0.3) is 0 Å². The molecule has 1 aliphatic heterocycles. The fourth-order valence-electron chi connectivity index (χ4n) is 7.96. The minimum atomic E-state index is -0.366. The minimum Gasteiger partial charge on any atom is -0.496 e. The lowest BCUT2D eigenvalue weighted by molar-refractivity contribution is 0.405. The predicted molar refractivity (Wildman–Crippen MR) is 179 cm³/mol. The summed E-state index contributed by atoms with van der Waals surface area (Å²) in [5.41, 5.74) is 14.8. The van der Waals surface area contributed by atoms with E-state index in [1.807, 2.05) is 12.1 Å². The van der Waals surface area contributed by atoms with Gasteiger partial charge in [-0.1, -0.05) is 121 Å². The van der Waals surface area contributed by atoms with Gasteiger partial charge < -0.3 is 4.74 Å². The lowest BCUT2D eigenvalue weighted by Gasteiger charge is -2.30. The molecule has 0 saturated carbocycles. The van der Waals surface area contributed by atoms with Crippen molar-refractivity contribution < 1.29 is 4.74 Å². The summed E-state index contributed by atoms with van der Waals surface area (Å²) < 4.78 is 5.83. The predicted octanol–water partition coefficient (Wildman–Crippen LogP) is 9.39. The number of hydrazone groups is 1. The molecule has 0 radical (unpaired) electrons. The van der Waals surface area contributed by atoms with E-state index in [0.29, 0.717) is 0 Å². The van der Waals surface area contributed by atoms with E-state index in [4.69, 9.17) is 9.84 Å². The third kappa shape index (κ3) is 3.35. The number of ether oxygens (including phenoxy) is 1. The highest BCUT2D eigenvalue weighted by atomic mass is 16.5. The maximum atomic E-state index is 5.83. The molecule has 210 valence electrons. The summed E-state index contributed by atoms with van der Waals surface area (Å²) in [7, 11) is 1.75. The maximum absolute atomic E-state index is 5.83. The van der Waals surface area contributed by atoms with Gasteiger partial charge in [-0.3, -0.25) is 5.01 Å². The summed E-state index contributed by atoms with van der Waals surface area (Å²) in [5.74, 6) is 0.886. The zero-order chi connectivity index (χ0) is 29.3. The van der Waals surface area contributed by atoms with E-state index in [1.165, 1.54) is 44.5 Å². The summed E-state index contributed by atoms with van der Waals surface area (Å²) in [6.07, 6.45) is 0.779. The summed E-state index contributed by atoms with van der Waals surface area (Å²) in [5, 5.41) is 7.51. The Labute approximate surface area is 257 Å². The van der Waals surface area contributed by atoms with Gasteiger partial charge in [-0.05, 0) is 74.3 Å². The van der Waals surface area contributed by atoms with Crippen molar-refractivity contribution >= 4 is 11.4 Å². The number of fused-ring (bicyclic) bond motifs is 10. The second-order valence-corrected chi connectivity index (χ2v) is 11.8. The average Bonchev–Trinajstić information content (AvgIpc) is 3.76. The molecule has 9 rings (SSSR count). The minimum absolute atomic E-state index is 0.0240. The molecule has 1 spiro atoms. The second kappa shape index (κ2) is 9.55. The molecule has 0 bridgehead atoms. The van der Waals surface area contributed by atoms with Crippen LogP contribution in [0.15, 0.2) is 151 Å². The van der Waals surface area contributed by atoms with Gasteiger partial charge in [0, 0.05) is 12.0 Å². The van der Waals surface area contributed by atoms with Crippen LogP contribution in [0.2, 0.25) is 0 Å². The molecular formula is C41H30N2O. The van der Waals surface area contributed by atoms with Crippen molar-refractivity contribution in [2.75, 3.05) is 12.1 Å². The Morgan fingerprint density at radius 1 is 0.591 bits per heavy atom. The highest BCUT2D eigenvalue weighted by Gasteiger charge is 2.51. The topological polar surface area (TPSA) is 24.8 Å². The highest BCUT2D eigenvalue weighted by Crippen LogP contribution is 2.62. The Balaban J connectivity index is 1.25. The molecule has 0 saturated heterocycles. The number of methoxy groups -OCH3 is 1. The molecule has 0 amide bonds. The fourth-order valence-corrected chi connectivity index (χ4v) is 7.96. The normalized spacial score (nSPS) is 16.7. The van der Waals surface area contributed by atoms with Crippen LogP contribution in [0.25, 0.3) is 22.3 Å². The van der Waals surface area contributed by atoms with Crippen molar-refractivity contribution in [2.45, 2.75) is 17.9 Å². The third-order valence-electron chi connectivity index (χ3n) is 9.76. The standard InChI is InChI=1S/C41H30N2O/c1-44-40-22-12-8-18-33(40)39-26-38(42-43(39)28-13-3-2-4-14-28)27-23-24-32-31-17-7-11-21-36(31)41(37(32)25-27)34-19-9-5-15-29(34)30-16-6-10-20-35(30)41/h2-25,39H,26H2,1H3. The first-order chi connectivity index (χ1) is 21.8. The van der Waals surface area contributed by atoms with Crippen molar-refractivity contribution in [3.63, 3.8) is 0 Å². The quantitative estimate of drug-likeness (QED) is 0.212.